The van der Waals surface area contributed by atoms with Crippen molar-refractivity contribution in [2.24, 2.45) is 0 Å². The van der Waals surface area contributed by atoms with Gasteiger partial charge in [0.25, 0.3) is 11.8 Å². The van der Waals surface area contributed by atoms with E-state index in [9.17, 15) is 19.2 Å². The minimum absolute atomic E-state index is 0.0889. The Balaban J connectivity index is 1.41. The van der Waals surface area contributed by atoms with Crippen LogP contribution in [0.5, 0.6) is 0 Å². The van der Waals surface area contributed by atoms with E-state index in [2.05, 4.69) is 16.0 Å². The highest BCUT2D eigenvalue weighted by Gasteiger charge is 2.19. The first-order chi connectivity index (χ1) is 20.3. The zero-order valence-electron chi connectivity index (χ0n) is 23.0. The highest BCUT2D eigenvalue weighted by Crippen LogP contribution is 2.26. The first-order valence-corrected chi connectivity index (χ1v) is 13.9. The molecule has 8 nitrogen and oxygen atoms in total. The fraction of sp³-hybridized carbons (Fsp3) is 0.0909. The summed E-state index contributed by atoms with van der Waals surface area (Å²) in [4.78, 5) is 51.6. The van der Waals surface area contributed by atoms with Gasteiger partial charge in [0.05, 0.1) is 23.6 Å². The molecule has 0 aliphatic carbocycles. The van der Waals surface area contributed by atoms with Crippen LogP contribution >= 0.6 is 11.8 Å². The van der Waals surface area contributed by atoms with E-state index >= 15 is 0 Å². The van der Waals surface area contributed by atoms with Gasteiger partial charge in [-0.2, -0.15) is 0 Å². The molecule has 0 radical (unpaired) electrons. The fourth-order valence-corrected chi connectivity index (χ4v) is 4.71. The monoisotopic (exact) mass is 579 g/mol. The molecular weight excluding hydrogens is 550 g/mol. The molecule has 9 heteroatoms. The van der Waals surface area contributed by atoms with Crippen LogP contribution in [0.1, 0.15) is 33.2 Å². The molecule has 0 aromatic heterocycles. The number of para-hydroxylation sites is 1. The third kappa shape index (κ3) is 8.18. The van der Waals surface area contributed by atoms with Crippen molar-refractivity contribution in [3.8, 4) is 0 Å². The van der Waals surface area contributed by atoms with E-state index in [4.69, 9.17) is 4.74 Å². The molecule has 0 spiro atoms. The number of rotatable bonds is 10. The summed E-state index contributed by atoms with van der Waals surface area (Å²) in [5.74, 6) is -1.70. The summed E-state index contributed by atoms with van der Waals surface area (Å²) in [5.41, 5.74) is 2.43. The summed E-state index contributed by atoms with van der Waals surface area (Å²) in [6.07, 6.45) is 1.61. The second-order valence-corrected chi connectivity index (χ2v) is 10.5. The van der Waals surface area contributed by atoms with Crippen LogP contribution in [0, 0.1) is 0 Å². The normalized spacial score (nSPS) is 11.6. The number of benzene rings is 4. The molecule has 1 atom stereocenters. The maximum Gasteiger partial charge on any atom is 0.339 e. The molecule has 4 rings (SSSR count). The lowest BCUT2D eigenvalue weighted by Crippen LogP contribution is -2.30. The van der Waals surface area contributed by atoms with Crippen LogP contribution in [-0.4, -0.2) is 36.1 Å². The average Bonchev–Trinajstić information content (AvgIpc) is 3.02. The molecule has 4 aromatic rings. The number of thioether (sulfide) groups is 1. The summed E-state index contributed by atoms with van der Waals surface area (Å²) in [6, 6.07) is 31.5. The van der Waals surface area contributed by atoms with Crippen molar-refractivity contribution >= 4 is 52.9 Å². The second-order valence-electron chi connectivity index (χ2n) is 9.05. The molecule has 0 aliphatic heterocycles. The number of carbonyl (C=O) groups excluding carboxylic acids is 4. The van der Waals surface area contributed by atoms with Crippen molar-refractivity contribution in [3.05, 3.63) is 132 Å². The lowest BCUT2D eigenvalue weighted by Gasteiger charge is -2.15. The van der Waals surface area contributed by atoms with E-state index in [1.807, 2.05) is 36.4 Å². The third-order valence-electron chi connectivity index (χ3n) is 6.02. The molecule has 3 N–H and O–H groups in total. The lowest BCUT2D eigenvalue weighted by atomic mass is 10.1. The van der Waals surface area contributed by atoms with Gasteiger partial charge in [0.2, 0.25) is 5.91 Å². The first kappa shape index (κ1) is 29.8. The number of nitrogens with one attached hydrogen (secondary N) is 3. The molecule has 0 bridgehead atoms. The van der Waals surface area contributed by atoms with Gasteiger partial charge in [-0.05, 0) is 67.1 Å². The minimum Gasteiger partial charge on any atom is -0.465 e. The van der Waals surface area contributed by atoms with Crippen LogP contribution < -0.4 is 16.0 Å². The summed E-state index contributed by atoms with van der Waals surface area (Å²) in [7, 11) is 1.28. The molecule has 0 saturated heterocycles. The van der Waals surface area contributed by atoms with Crippen molar-refractivity contribution in [1.29, 1.82) is 0 Å². The van der Waals surface area contributed by atoms with Gasteiger partial charge in [-0.1, -0.05) is 60.7 Å². The smallest absolute Gasteiger partial charge is 0.339 e. The van der Waals surface area contributed by atoms with Gasteiger partial charge >= 0.3 is 5.97 Å². The highest BCUT2D eigenvalue weighted by molar-refractivity contribution is 8.00. The van der Waals surface area contributed by atoms with Gasteiger partial charge in [0.15, 0.2) is 0 Å². The van der Waals surface area contributed by atoms with E-state index in [0.717, 1.165) is 10.5 Å². The van der Waals surface area contributed by atoms with Crippen molar-refractivity contribution < 1.29 is 23.9 Å². The van der Waals surface area contributed by atoms with Gasteiger partial charge in [-0.3, -0.25) is 14.4 Å². The van der Waals surface area contributed by atoms with Crippen LogP contribution in [0.4, 0.5) is 11.4 Å². The Hall–Kier alpha value is -5.15. The number of esters is 1. The number of amides is 3. The zero-order valence-corrected chi connectivity index (χ0v) is 23.8. The van der Waals surface area contributed by atoms with E-state index in [-0.39, 0.29) is 17.2 Å². The minimum atomic E-state index is -0.537. The predicted molar refractivity (Wildman–Crippen MR) is 165 cm³/mol. The Bertz CT molecular complexity index is 1590. The number of anilines is 2. The van der Waals surface area contributed by atoms with Gasteiger partial charge < -0.3 is 20.7 Å². The summed E-state index contributed by atoms with van der Waals surface area (Å²) >= 11 is 1.32. The Kier molecular flexibility index (Phi) is 10.3. The molecule has 0 saturated carbocycles. The average molecular weight is 580 g/mol. The molecule has 0 heterocycles. The van der Waals surface area contributed by atoms with Crippen LogP contribution in [0.15, 0.2) is 120 Å². The van der Waals surface area contributed by atoms with Crippen molar-refractivity contribution in [2.75, 3.05) is 17.7 Å². The summed E-state index contributed by atoms with van der Waals surface area (Å²) in [6.45, 7) is 1.76. The van der Waals surface area contributed by atoms with Crippen LogP contribution in [-0.2, 0) is 14.3 Å². The van der Waals surface area contributed by atoms with Crippen LogP contribution in [0.3, 0.4) is 0 Å². The molecule has 42 heavy (non-hydrogen) atoms. The lowest BCUT2D eigenvalue weighted by molar-refractivity contribution is -0.115. The highest BCUT2D eigenvalue weighted by atomic mass is 32.2. The topological polar surface area (TPSA) is 114 Å². The zero-order chi connectivity index (χ0) is 29.9. The van der Waals surface area contributed by atoms with E-state index < -0.39 is 23.0 Å². The summed E-state index contributed by atoms with van der Waals surface area (Å²) in [5, 5.41) is 7.84. The largest absolute Gasteiger partial charge is 0.465 e. The molecule has 3 amide bonds. The van der Waals surface area contributed by atoms with Crippen LogP contribution in [0.25, 0.3) is 6.08 Å². The standard InChI is InChI=1S/C33H29N3O5S/c1-22(30(37)35-28-16-10-9-15-27(28)33(40)41-2)42-26-19-17-25(18-20-26)34-32(39)29(21-23-11-5-3-6-12-23)36-31(38)24-13-7-4-8-14-24/h3-22H,1-2H3,(H,34,39)(H,35,37)(H,36,38)/b29-21-. The third-order valence-corrected chi connectivity index (χ3v) is 7.14. The SMILES string of the molecule is COC(=O)c1ccccc1NC(=O)C(C)Sc1ccc(NC(=O)/C(=C/c2ccccc2)NC(=O)c2ccccc2)cc1. The van der Waals surface area contributed by atoms with Gasteiger partial charge in [-0.25, -0.2) is 4.79 Å². The maximum atomic E-state index is 13.2. The first-order valence-electron chi connectivity index (χ1n) is 13.0. The number of methoxy groups -OCH3 is 1. The van der Waals surface area contributed by atoms with Gasteiger partial charge in [-0.15, -0.1) is 11.8 Å². The number of hydrogen-bond donors (Lipinski definition) is 3. The fourth-order valence-electron chi connectivity index (χ4n) is 3.85. The number of hydrogen-bond acceptors (Lipinski definition) is 6. The Morgan fingerprint density at radius 2 is 1.38 bits per heavy atom. The maximum absolute atomic E-state index is 13.2. The molecular formula is C33H29N3O5S. The van der Waals surface area contributed by atoms with E-state index in [1.165, 1.54) is 18.9 Å². The van der Waals surface area contributed by atoms with Gasteiger partial charge in [0.1, 0.15) is 5.70 Å². The predicted octanol–water partition coefficient (Wildman–Crippen LogP) is 6.00. The van der Waals surface area contributed by atoms with E-state index in [1.54, 1.807) is 85.8 Å². The molecule has 1 unspecified atom stereocenters. The van der Waals surface area contributed by atoms with Gasteiger partial charge in [0, 0.05) is 16.1 Å². The Morgan fingerprint density at radius 3 is 2.05 bits per heavy atom. The summed E-state index contributed by atoms with van der Waals surface area (Å²) < 4.78 is 4.79. The quantitative estimate of drug-likeness (QED) is 0.121. The molecule has 212 valence electrons. The van der Waals surface area contributed by atoms with Crippen LogP contribution in [0.2, 0.25) is 0 Å². The molecule has 0 fully saturated rings. The van der Waals surface area contributed by atoms with Crippen molar-refractivity contribution in [1.82, 2.24) is 5.32 Å². The second kappa shape index (κ2) is 14.5. The number of ether oxygens (including phenoxy) is 1. The Morgan fingerprint density at radius 1 is 0.762 bits per heavy atom. The van der Waals surface area contributed by atoms with E-state index in [0.29, 0.717) is 16.9 Å². The van der Waals surface area contributed by atoms with Crippen molar-refractivity contribution in [3.63, 3.8) is 0 Å². The van der Waals surface area contributed by atoms with Crippen molar-refractivity contribution in [2.45, 2.75) is 17.1 Å². The molecule has 0 aliphatic rings. The number of carbonyl (C=O) groups is 4. The molecule has 4 aromatic carbocycles. The Labute approximate surface area is 248 Å².